The van der Waals surface area contributed by atoms with Crippen LogP contribution in [-0.4, -0.2) is 29.8 Å². The second-order valence-electron chi connectivity index (χ2n) is 6.04. The van der Waals surface area contributed by atoms with Gasteiger partial charge in [0.1, 0.15) is 5.60 Å². The first kappa shape index (κ1) is 15.2. The van der Waals surface area contributed by atoms with Gasteiger partial charge in [0.15, 0.2) is 0 Å². The van der Waals surface area contributed by atoms with Crippen LogP contribution >= 0.6 is 15.9 Å². The summed E-state index contributed by atoms with van der Waals surface area (Å²) in [6.07, 6.45) is 0.655. The molecule has 0 spiro atoms. The lowest BCUT2D eigenvalue weighted by Gasteiger charge is -2.32. The van der Waals surface area contributed by atoms with E-state index in [1.54, 1.807) is 5.01 Å². The molecule has 1 aliphatic rings. The van der Waals surface area contributed by atoms with Crippen molar-refractivity contribution in [2.24, 2.45) is 0 Å². The van der Waals surface area contributed by atoms with Gasteiger partial charge in [0.05, 0.1) is 5.69 Å². The maximum Gasteiger partial charge on any atom is 0.429 e. The summed E-state index contributed by atoms with van der Waals surface area (Å²) in [6.45, 7) is 9.20. The van der Waals surface area contributed by atoms with Gasteiger partial charge >= 0.3 is 6.09 Å². The summed E-state index contributed by atoms with van der Waals surface area (Å²) >= 11 is 3.57. The third-order valence-electron chi connectivity index (χ3n) is 3.02. The molecule has 1 amide bonds. The normalized spacial score (nSPS) is 15.7. The molecule has 1 aromatic carbocycles. The van der Waals surface area contributed by atoms with Crippen molar-refractivity contribution in [3.8, 4) is 0 Å². The molecule has 0 aromatic heterocycles. The van der Waals surface area contributed by atoms with Crippen molar-refractivity contribution < 1.29 is 9.53 Å². The molecule has 0 saturated carbocycles. The lowest BCUT2D eigenvalue weighted by Crippen LogP contribution is -2.44. The fraction of sp³-hybridized carbons (Fsp3) is 0.533. The summed E-state index contributed by atoms with van der Waals surface area (Å²) in [5, 5.41) is 3.66. The molecule has 0 radical (unpaired) electrons. The fourth-order valence-electron chi connectivity index (χ4n) is 2.19. The summed E-state index contributed by atoms with van der Waals surface area (Å²) in [4.78, 5) is 12.3. The molecule has 0 unspecified atom stereocenters. The quantitative estimate of drug-likeness (QED) is 0.770. The van der Waals surface area contributed by atoms with Gasteiger partial charge in [-0.15, -0.1) is 0 Å². The van der Waals surface area contributed by atoms with E-state index in [-0.39, 0.29) is 6.09 Å². The number of halogens is 1. The van der Waals surface area contributed by atoms with E-state index in [1.165, 1.54) is 5.56 Å². The highest BCUT2D eigenvalue weighted by Gasteiger charge is 2.31. The highest BCUT2D eigenvalue weighted by atomic mass is 79.9. The van der Waals surface area contributed by atoms with E-state index in [2.05, 4.69) is 22.0 Å². The minimum atomic E-state index is -0.476. The Bertz CT molecular complexity index is 511. The zero-order valence-electron chi connectivity index (χ0n) is 12.4. The average molecular weight is 341 g/mol. The van der Waals surface area contributed by atoms with Crippen LogP contribution in [0.5, 0.6) is 0 Å². The largest absolute Gasteiger partial charge is 0.442 e. The van der Waals surface area contributed by atoms with Crippen molar-refractivity contribution in [2.75, 3.05) is 18.1 Å². The number of nitrogens with zero attached hydrogens (tertiary/aromatic N) is 2. The number of anilines is 1. The molecule has 1 aliphatic heterocycles. The molecule has 1 saturated heterocycles. The molecule has 0 atom stereocenters. The number of amides is 1. The Morgan fingerprint density at radius 3 is 2.60 bits per heavy atom. The first-order valence-electron chi connectivity index (χ1n) is 6.82. The molecule has 0 aliphatic carbocycles. The van der Waals surface area contributed by atoms with E-state index in [9.17, 15) is 4.79 Å². The Morgan fingerprint density at radius 2 is 2.00 bits per heavy atom. The summed E-state index contributed by atoms with van der Waals surface area (Å²) in [6, 6.07) is 6.13. The minimum absolute atomic E-state index is 0.289. The van der Waals surface area contributed by atoms with Crippen LogP contribution in [0.25, 0.3) is 0 Å². The monoisotopic (exact) mass is 340 g/mol. The van der Waals surface area contributed by atoms with Gasteiger partial charge in [-0.3, -0.25) is 5.01 Å². The van der Waals surface area contributed by atoms with Gasteiger partial charge in [0, 0.05) is 17.6 Å². The average Bonchev–Trinajstić information content (AvgIpc) is 2.75. The SMILES string of the molecule is Cc1ccc(N2CCCN2C(=O)OC(C)(C)C)c(Br)c1. The highest BCUT2D eigenvalue weighted by Crippen LogP contribution is 2.31. The number of aryl methyl sites for hydroxylation is 1. The molecule has 4 nitrogen and oxygen atoms in total. The third-order valence-corrected chi connectivity index (χ3v) is 3.65. The number of benzene rings is 1. The van der Waals surface area contributed by atoms with Gasteiger partial charge < -0.3 is 4.74 Å². The van der Waals surface area contributed by atoms with Crippen LogP contribution in [0.2, 0.25) is 0 Å². The van der Waals surface area contributed by atoms with Crippen molar-refractivity contribution in [1.82, 2.24) is 5.01 Å². The molecule has 110 valence electrons. The molecule has 1 aromatic rings. The number of hydrazine groups is 1. The Morgan fingerprint density at radius 1 is 1.30 bits per heavy atom. The lowest BCUT2D eigenvalue weighted by molar-refractivity contribution is 0.0274. The third kappa shape index (κ3) is 3.45. The van der Waals surface area contributed by atoms with Gasteiger partial charge in [0.2, 0.25) is 0 Å². The van der Waals surface area contributed by atoms with Crippen LogP contribution in [0.4, 0.5) is 10.5 Å². The standard InChI is InChI=1S/C15H21BrN2O2/c1-11-6-7-13(12(16)10-11)17-8-5-9-18(17)14(19)20-15(2,3)4/h6-7,10H,5,8-9H2,1-4H3. The van der Waals surface area contributed by atoms with E-state index in [4.69, 9.17) is 4.74 Å². The number of ether oxygens (including phenoxy) is 1. The molecule has 5 heteroatoms. The smallest absolute Gasteiger partial charge is 0.429 e. The van der Waals surface area contributed by atoms with Crippen LogP contribution in [0.1, 0.15) is 32.8 Å². The predicted molar refractivity (Wildman–Crippen MR) is 83.8 cm³/mol. The van der Waals surface area contributed by atoms with Crippen molar-refractivity contribution in [3.63, 3.8) is 0 Å². The molecular formula is C15H21BrN2O2. The van der Waals surface area contributed by atoms with E-state index < -0.39 is 5.60 Å². The zero-order chi connectivity index (χ0) is 14.9. The first-order valence-corrected chi connectivity index (χ1v) is 7.61. The van der Waals surface area contributed by atoms with Crippen molar-refractivity contribution >= 4 is 27.7 Å². The molecule has 1 fully saturated rings. The number of hydrogen-bond donors (Lipinski definition) is 0. The number of carbonyl (C=O) groups excluding carboxylic acids is 1. The summed E-state index contributed by atoms with van der Waals surface area (Å²) in [5.41, 5.74) is 1.71. The van der Waals surface area contributed by atoms with Gasteiger partial charge in [-0.1, -0.05) is 6.07 Å². The van der Waals surface area contributed by atoms with Crippen LogP contribution in [-0.2, 0) is 4.74 Å². The first-order chi connectivity index (χ1) is 9.28. The van der Waals surface area contributed by atoms with Crippen molar-refractivity contribution in [1.29, 1.82) is 0 Å². The molecule has 0 bridgehead atoms. The Balaban J connectivity index is 2.21. The van der Waals surface area contributed by atoms with Crippen LogP contribution in [0, 0.1) is 6.92 Å². The highest BCUT2D eigenvalue weighted by molar-refractivity contribution is 9.10. The van der Waals surface area contributed by atoms with Crippen LogP contribution < -0.4 is 5.01 Å². The second kappa shape index (κ2) is 5.64. The minimum Gasteiger partial charge on any atom is -0.442 e. The van der Waals surface area contributed by atoms with E-state index in [0.29, 0.717) is 6.54 Å². The molecule has 2 rings (SSSR count). The molecule has 0 N–H and O–H groups in total. The van der Waals surface area contributed by atoms with E-state index in [1.807, 2.05) is 44.8 Å². The summed E-state index contributed by atoms with van der Waals surface area (Å²) < 4.78 is 6.46. The Labute approximate surface area is 128 Å². The maximum atomic E-state index is 12.3. The maximum absolute atomic E-state index is 12.3. The van der Waals surface area contributed by atoms with Crippen LogP contribution in [0.3, 0.4) is 0 Å². The number of rotatable bonds is 1. The summed E-state index contributed by atoms with van der Waals surface area (Å²) in [5.74, 6) is 0. The van der Waals surface area contributed by atoms with Crippen molar-refractivity contribution in [3.05, 3.63) is 28.2 Å². The number of carbonyl (C=O) groups is 1. The lowest BCUT2D eigenvalue weighted by atomic mass is 10.2. The van der Waals surface area contributed by atoms with Crippen LogP contribution in [0.15, 0.2) is 22.7 Å². The molecular weight excluding hydrogens is 320 g/mol. The summed E-state index contributed by atoms with van der Waals surface area (Å²) in [7, 11) is 0. The molecule has 1 heterocycles. The Kier molecular flexibility index (Phi) is 4.28. The predicted octanol–water partition coefficient (Wildman–Crippen LogP) is 4.12. The van der Waals surface area contributed by atoms with Gasteiger partial charge in [-0.2, -0.15) is 0 Å². The van der Waals surface area contributed by atoms with Gasteiger partial charge in [-0.05, 0) is 67.7 Å². The Hall–Kier alpha value is -1.23. The molecule has 20 heavy (non-hydrogen) atoms. The zero-order valence-corrected chi connectivity index (χ0v) is 14.0. The second-order valence-corrected chi connectivity index (χ2v) is 6.89. The van der Waals surface area contributed by atoms with E-state index in [0.717, 1.165) is 23.1 Å². The topological polar surface area (TPSA) is 32.8 Å². The fourth-order valence-corrected chi connectivity index (χ4v) is 2.89. The van der Waals surface area contributed by atoms with Gasteiger partial charge in [-0.25, -0.2) is 9.80 Å². The number of hydrogen-bond acceptors (Lipinski definition) is 3. The van der Waals surface area contributed by atoms with Crippen molar-refractivity contribution in [2.45, 2.75) is 39.7 Å². The van der Waals surface area contributed by atoms with E-state index >= 15 is 0 Å². The van der Waals surface area contributed by atoms with Gasteiger partial charge in [0.25, 0.3) is 0 Å².